The van der Waals surface area contributed by atoms with Gasteiger partial charge in [0.1, 0.15) is 5.02 Å². The molecule has 6 heteroatoms. The third kappa shape index (κ3) is 2.20. The van der Waals surface area contributed by atoms with E-state index in [1.807, 2.05) is 4.90 Å². The predicted octanol–water partition coefficient (Wildman–Crippen LogP) is 0.632. The van der Waals surface area contributed by atoms with Gasteiger partial charge < -0.3 is 10.0 Å². The van der Waals surface area contributed by atoms with Crippen LogP contribution < -0.4 is 10.5 Å². The lowest BCUT2D eigenvalue weighted by atomic mass is 9.98. The Morgan fingerprint density at radius 3 is 2.88 bits per heavy atom. The fourth-order valence-corrected chi connectivity index (χ4v) is 2.16. The van der Waals surface area contributed by atoms with Gasteiger partial charge in [-0.2, -0.15) is 5.10 Å². The van der Waals surface area contributed by atoms with Gasteiger partial charge in [0, 0.05) is 19.7 Å². The van der Waals surface area contributed by atoms with E-state index in [0.717, 1.165) is 25.9 Å². The van der Waals surface area contributed by atoms with E-state index >= 15 is 0 Å². The molecular formula is C10H14ClN3O2. The monoisotopic (exact) mass is 243 g/mol. The smallest absolute Gasteiger partial charge is 0.285 e. The Bertz CT molecular complexity index is 413. The van der Waals surface area contributed by atoms with E-state index in [-0.39, 0.29) is 17.2 Å². The molecule has 1 saturated heterocycles. The van der Waals surface area contributed by atoms with Crippen molar-refractivity contribution in [3.63, 3.8) is 0 Å². The predicted molar refractivity (Wildman–Crippen MR) is 61.9 cm³/mol. The van der Waals surface area contributed by atoms with E-state index in [9.17, 15) is 4.79 Å². The number of hydrogen-bond acceptors (Lipinski definition) is 4. The molecule has 2 heterocycles. The standard InChI is InChI=1S/C10H14ClN3O2/c11-9-8(5-12-13-10(9)16)14-3-1-7(6-15)2-4-14/h5,7,15H,1-4,6H2,(H,13,16). The molecule has 2 rings (SSSR count). The van der Waals surface area contributed by atoms with Crippen molar-refractivity contribution in [2.75, 3.05) is 24.6 Å². The van der Waals surface area contributed by atoms with Gasteiger partial charge in [-0.1, -0.05) is 11.6 Å². The first-order valence-electron chi connectivity index (χ1n) is 5.31. The molecule has 0 amide bonds. The highest BCUT2D eigenvalue weighted by Crippen LogP contribution is 2.25. The van der Waals surface area contributed by atoms with E-state index in [4.69, 9.17) is 16.7 Å². The number of aromatic nitrogens is 2. The summed E-state index contributed by atoms with van der Waals surface area (Å²) in [5.74, 6) is 0.366. The summed E-state index contributed by atoms with van der Waals surface area (Å²) in [6.07, 6.45) is 3.41. The third-order valence-electron chi connectivity index (χ3n) is 2.99. The number of halogens is 1. The van der Waals surface area contributed by atoms with Crippen LogP contribution in [0.5, 0.6) is 0 Å². The number of aromatic amines is 1. The Balaban J connectivity index is 2.14. The number of anilines is 1. The fraction of sp³-hybridized carbons (Fsp3) is 0.600. The maximum Gasteiger partial charge on any atom is 0.285 e. The van der Waals surface area contributed by atoms with E-state index in [0.29, 0.717) is 11.6 Å². The highest BCUT2D eigenvalue weighted by Gasteiger charge is 2.21. The average Bonchev–Trinajstić information content (AvgIpc) is 2.33. The van der Waals surface area contributed by atoms with Crippen LogP contribution in [0.1, 0.15) is 12.8 Å². The van der Waals surface area contributed by atoms with Crippen molar-refractivity contribution in [2.45, 2.75) is 12.8 Å². The Hall–Kier alpha value is -1.07. The number of aliphatic hydroxyl groups is 1. The average molecular weight is 244 g/mol. The number of H-pyrrole nitrogens is 1. The van der Waals surface area contributed by atoms with Crippen molar-refractivity contribution in [3.8, 4) is 0 Å². The Morgan fingerprint density at radius 1 is 1.56 bits per heavy atom. The summed E-state index contributed by atoms with van der Waals surface area (Å²) < 4.78 is 0. The first-order valence-corrected chi connectivity index (χ1v) is 5.69. The zero-order valence-corrected chi connectivity index (χ0v) is 9.57. The van der Waals surface area contributed by atoms with Gasteiger partial charge in [-0.3, -0.25) is 4.79 Å². The van der Waals surface area contributed by atoms with Crippen LogP contribution in [0.3, 0.4) is 0 Å². The first-order chi connectivity index (χ1) is 7.72. The van der Waals surface area contributed by atoms with Crippen molar-refractivity contribution in [2.24, 2.45) is 5.92 Å². The van der Waals surface area contributed by atoms with Gasteiger partial charge in [-0.05, 0) is 18.8 Å². The highest BCUT2D eigenvalue weighted by molar-refractivity contribution is 6.32. The van der Waals surface area contributed by atoms with Crippen molar-refractivity contribution in [3.05, 3.63) is 21.6 Å². The van der Waals surface area contributed by atoms with Crippen molar-refractivity contribution in [1.82, 2.24) is 10.2 Å². The van der Waals surface area contributed by atoms with E-state index in [1.165, 1.54) is 0 Å². The van der Waals surface area contributed by atoms with Gasteiger partial charge in [0.15, 0.2) is 0 Å². The largest absolute Gasteiger partial charge is 0.396 e. The maximum absolute atomic E-state index is 11.3. The molecule has 0 spiro atoms. The lowest BCUT2D eigenvalue weighted by Crippen LogP contribution is -2.35. The van der Waals surface area contributed by atoms with Crippen LogP contribution in [0.2, 0.25) is 5.02 Å². The minimum Gasteiger partial charge on any atom is -0.396 e. The Kier molecular flexibility index (Phi) is 3.46. The quantitative estimate of drug-likeness (QED) is 0.800. The van der Waals surface area contributed by atoms with Gasteiger partial charge in [-0.15, -0.1) is 0 Å². The first kappa shape index (κ1) is 11.4. The van der Waals surface area contributed by atoms with Gasteiger partial charge in [0.2, 0.25) is 0 Å². The van der Waals surface area contributed by atoms with Crippen molar-refractivity contribution >= 4 is 17.3 Å². The lowest BCUT2D eigenvalue weighted by molar-refractivity contribution is 0.203. The molecule has 1 fully saturated rings. The summed E-state index contributed by atoms with van der Waals surface area (Å²) in [7, 11) is 0. The zero-order valence-electron chi connectivity index (χ0n) is 8.82. The van der Waals surface area contributed by atoms with Crippen LogP contribution in [0, 0.1) is 5.92 Å². The van der Waals surface area contributed by atoms with Gasteiger partial charge >= 0.3 is 0 Å². The maximum atomic E-state index is 11.3. The molecule has 0 aromatic carbocycles. The molecule has 2 N–H and O–H groups in total. The van der Waals surface area contributed by atoms with E-state index < -0.39 is 0 Å². The molecule has 88 valence electrons. The van der Waals surface area contributed by atoms with Crippen LogP contribution in [-0.4, -0.2) is 35.0 Å². The lowest BCUT2D eigenvalue weighted by Gasteiger charge is -2.32. The van der Waals surface area contributed by atoms with Gasteiger partial charge in [-0.25, -0.2) is 5.10 Å². The summed E-state index contributed by atoms with van der Waals surface area (Å²) in [6.45, 7) is 1.83. The summed E-state index contributed by atoms with van der Waals surface area (Å²) in [5, 5.41) is 15.3. The molecule has 1 aromatic heterocycles. The zero-order chi connectivity index (χ0) is 11.5. The number of rotatable bonds is 2. The summed E-state index contributed by atoms with van der Waals surface area (Å²) in [6, 6.07) is 0. The van der Waals surface area contributed by atoms with E-state index in [2.05, 4.69) is 10.2 Å². The number of nitrogens with one attached hydrogen (secondary N) is 1. The fourth-order valence-electron chi connectivity index (χ4n) is 1.95. The van der Waals surface area contributed by atoms with Gasteiger partial charge in [0.05, 0.1) is 11.9 Å². The number of piperidine rings is 1. The number of hydrogen-bond donors (Lipinski definition) is 2. The normalized spacial score (nSPS) is 17.8. The van der Waals surface area contributed by atoms with Crippen LogP contribution in [-0.2, 0) is 0 Å². The molecule has 16 heavy (non-hydrogen) atoms. The summed E-state index contributed by atoms with van der Waals surface area (Å²) >= 11 is 5.92. The molecule has 0 unspecified atom stereocenters. The highest BCUT2D eigenvalue weighted by atomic mass is 35.5. The minimum atomic E-state index is -0.358. The Labute approximate surface area is 98.0 Å². The van der Waals surface area contributed by atoms with Crippen LogP contribution in [0.15, 0.2) is 11.0 Å². The number of aliphatic hydroxyl groups excluding tert-OH is 1. The molecule has 0 bridgehead atoms. The molecule has 0 radical (unpaired) electrons. The van der Waals surface area contributed by atoms with Gasteiger partial charge in [0.25, 0.3) is 5.56 Å². The second-order valence-corrected chi connectivity index (χ2v) is 4.39. The summed E-state index contributed by atoms with van der Waals surface area (Å²) in [4.78, 5) is 13.3. The van der Waals surface area contributed by atoms with E-state index in [1.54, 1.807) is 6.20 Å². The summed E-state index contributed by atoms with van der Waals surface area (Å²) in [5.41, 5.74) is 0.324. The third-order valence-corrected chi connectivity index (χ3v) is 3.36. The van der Waals surface area contributed by atoms with Crippen molar-refractivity contribution < 1.29 is 5.11 Å². The molecule has 1 aromatic rings. The number of nitrogens with zero attached hydrogens (tertiary/aromatic N) is 2. The molecular weight excluding hydrogens is 230 g/mol. The second-order valence-electron chi connectivity index (χ2n) is 4.01. The molecule has 0 aliphatic carbocycles. The molecule has 5 nitrogen and oxygen atoms in total. The van der Waals surface area contributed by atoms with Crippen LogP contribution >= 0.6 is 11.6 Å². The SMILES string of the molecule is O=c1[nH]ncc(N2CCC(CO)CC2)c1Cl. The Morgan fingerprint density at radius 2 is 2.25 bits per heavy atom. The topological polar surface area (TPSA) is 69.2 Å². The van der Waals surface area contributed by atoms with Crippen molar-refractivity contribution in [1.29, 1.82) is 0 Å². The second kappa shape index (κ2) is 4.84. The molecule has 1 aliphatic rings. The van der Waals surface area contributed by atoms with Crippen LogP contribution in [0.25, 0.3) is 0 Å². The molecule has 0 atom stereocenters. The minimum absolute atomic E-state index is 0.192. The molecule has 0 saturated carbocycles. The van der Waals surface area contributed by atoms with Crippen LogP contribution in [0.4, 0.5) is 5.69 Å². The molecule has 1 aliphatic heterocycles.